The zero-order valence-electron chi connectivity index (χ0n) is 17.6. The number of guanidine groups is 1. The molecular weight excluding hydrogens is 424 g/mol. The van der Waals surface area contributed by atoms with Crippen LogP contribution in [0, 0.1) is 0 Å². The van der Waals surface area contributed by atoms with Gasteiger partial charge in [-0.25, -0.2) is 13.1 Å². The number of ether oxygens (including phenoxy) is 1. The van der Waals surface area contributed by atoms with Gasteiger partial charge in [0.2, 0.25) is 15.9 Å². The van der Waals surface area contributed by atoms with E-state index in [0.29, 0.717) is 37.5 Å². The summed E-state index contributed by atoms with van der Waals surface area (Å²) < 4.78 is 31.3. The van der Waals surface area contributed by atoms with Crippen LogP contribution in [0.3, 0.4) is 0 Å². The molecule has 0 aliphatic carbocycles. The molecule has 1 aliphatic rings. The number of carbonyl (C=O) groups is 2. The first kappa shape index (κ1) is 24.6. The van der Waals surface area contributed by atoms with Crippen molar-refractivity contribution >= 4 is 27.9 Å². The number of carbonyl (C=O) groups excluding carboxylic acids is 1. The fourth-order valence-corrected chi connectivity index (χ4v) is 4.20. The molecule has 2 rings (SSSR count). The molecule has 1 aromatic rings. The number of nitrogens with one attached hydrogen (secondary N) is 3. The number of hydrogen-bond donors (Lipinski definition) is 4. The first-order chi connectivity index (χ1) is 14.8. The van der Waals surface area contributed by atoms with E-state index in [0.717, 1.165) is 18.5 Å². The number of rotatable bonds is 12. The van der Waals surface area contributed by atoms with Crippen LogP contribution < -0.4 is 20.1 Å². The predicted molar refractivity (Wildman–Crippen MR) is 117 cm³/mol. The smallest absolute Gasteiger partial charge is 0.321 e. The lowest BCUT2D eigenvalue weighted by Gasteiger charge is -2.15. The number of hydrogen-bond acceptors (Lipinski definition) is 7. The number of aliphatic carboxylic acids is 1. The third-order valence-electron chi connectivity index (χ3n) is 4.49. The Morgan fingerprint density at radius 2 is 2.03 bits per heavy atom. The maximum Gasteiger partial charge on any atom is 0.321 e. The van der Waals surface area contributed by atoms with E-state index in [4.69, 9.17) is 4.74 Å². The second-order valence-electron chi connectivity index (χ2n) is 7.17. The van der Waals surface area contributed by atoms with E-state index < -0.39 is 22.0 Å². The van der Waals surface area contributed by atoms with Crippen LogP contribution in [0.5, 0.6) is 5.75 Å². The van der Waals surface area contributed by atoms with Gasteiger partial charge in [-0.05, 0) is 37.0 Å². The lowest BCUT2D eigenvalue weighted by molar-refractivity contribution is -0.139. The zero-order chi connectivity index (χ0) is 22.7. The van der Waals surface area contributed by atoms with Crippen LogP contribution in [0.2, 0.25) is 0 Å². The Balaban J connectivity index is 1.75. The maximum atomic E-state index is 12.0. The predicted octanol–water partition coefficient (Wildman–Crippen LogP) is 0.636. The minimum atomic E-state index is -3.63. The summed E-state index contributed by atoms with van der Waals surface area (Å²) in [5, 5.41) is 15.0. The fourth-order valence-electron chi connectivity index (χ4n) is 2.89. The number of benzene rings is 1. The Kier molecular flexibility index (Phi) is 9.73. The topological polar surface area (TPSA) is 146 Å². The minimum absolute atomic E-state index is 0.00186. The number of nitrogens with zero attached hydrogens (tertiary/aromatic N) is 1. The Labute approximate surface area is 182 Å². The molecule has 1 amide bonds. The number of aryl methyl sites for hydroxylation is 1. The second-order valence-corrected chi connectivity index (χ2v) is 9.04. The van der Waals surface area contributed by atoms with E-state index in [1.165, 1.54) is 0 Å². The first-order valence-corrected chi connectivity index (χ1v) is 12.0. The van der Waals surface area contributed by atoms with E-state index in [1.54, 1.807) is 19.1 Å². The van der Waals surface area contributed by atoms with Crippen LogP contribution in [-0.4, -0.2) is 62.9 Å². The molecule has 0 saturated heterocycles. The Hall–Kier alpha value is -2.66. The lowest BCUT2D eigenvalue weighted by Crippen LogP contribution is -2.43. The van der Waals surface area contributed by atoms with Crippen molar-refractivity contribution in [2.45, 2.75) is 45.1 Å². The summed E-state index contributed by atoms with van der Waals surface area (Å²) in [5.41, 5.74) is 0.955. The fraction of sp³-hybridized carbons (Fsp3) is 0.550. The molecule has 0 radical (unpaired) electrons. The molecule has 0 aromatic heterocycles. The normalized spacial score (nSPS) is 14.8. The molecule has 1 unspecified atom stereocenters. The lowest BCUT2D eigenvalue weighted by atomic mass is 10.1. The average Bonchev–Trinajstić information content (AvgIpc) is 2.73. The van der Waals surface area contributed by atoms with E-state index in [-0.39, 0.29) is 24.7 Å². The molecule has 1 atom stereocenters. The van der Waals surface area contributed by atoms with Crippen LogP contribution in [0.1, 0.15) is 38.2 Å². The van der Waals surface area contributed by atoms with Gasteiger partial charge in [-0.2, -0.15) is 0 Å². The molecule has 0 fully saturated rings. The van der Waals surface area contributed by atoms with Gasteiger partial charge in [-0.15, -0.1) is 0 Å². The Bertz CT molecular complexity index is 870. The summed E-state index contributed by atoms with van der Waals surface area (Å²) in [6, 6.07) is 5.89. The molecule has 1 heterocycles. The van der Waals surface area contributed by atoms with Gasteiger partial charge < -0.3 is 15.2 Å². The SMILES string of the molecule is CCCS(=O)(=O)NC(CCOc1ccc(CCC(=O)NC2=NCCCN2)cc1)C(=O)O. The molecule has 31 heavy (non-hydrogen) atoms. The summed E-state index contributed by atoms with van der Waals surface area (Å²) in [6.07, 6.45) is 2.23. The summed E-state index contributed by atoms with van der Waals surface area (Å²) >= 11 is 0. The summed E-state index contributed by atoms with van der Waals surface area (Å²) in [4.78, 5) is 27.5. The van der Waals surface area contributed by atoms with Crippen molar-refractivity contribution in [3.05, 3.63) is 29.8 Å². The van der Waals surface area contributed by atoms with Gasteiger partial charge >= 0.3 is 5.97 Å². The molecule has 0 saturated carbocycles. The number of aliphatic imine (C=N–C) groups is 1. The number of carboxylic acids is 1. The molecule has 11 heteroatoms. The Morgan fingerprint density at radius 3 is 2.65 bits per heavy atom. The third kappa shape index (κ3) is 9.35. The van der Waals surface area contributed by atoms with Crippen LogP contribution in [0.25, 0.3) is 0 Å². The molecule has 10 nitrogen and oxygen atoms in total. The molecular formula is C20H30N4O6S. The summed E-state index contributed by atoms with van der Waals surface area (Å²) in [7, 11) is -3.63. The monoisotopic (exact) mass is 454 g/mol. The summed E-state index contributed by atoms with van der Waals surface area (Å²) in [5.74, 6) is -0.418. The highest BCUT2D eigenvalue weighted by Crippen LogP contribution is 2.14. The zero-order valence-corrected chi connectivity index (χ0v) is 18.4. The van der Waals surface area contributed by atoms with Gasteiger partial charge in [0.1, 0.15) is 11.8 Å². The second kappa shape index (κ2) is 12.3. The molecule has 0 bridgehead atoms. The highest BCUT2D eigenvalue weighted by Gasteiger charge is 2.23. The van der Waals surface area contributed by atoms with Gasteiger partial charge in [-0.1, -0.05) is 19.1 Å². The van der Waals surface area contributed by atoms with E-state index >= 15 is 0 Å². The molecule has 4 N–H and O–H groups in total. The highest BCUT2D eigenvalue weighted by molar-refractivity contribution is 7.89. The van der Waals surface area contributed by atoms with Crippen molar-refractivity contribution in [3.8, 4) is 5.75 Å². The van der Waals surface area contributed by atoms with Crippen molar-refractivity contribution in [2.75, 3.05) is 25.4 Å². The van der Waals surface area contributed by atoms with Crippen LogP contribution in [0.4, 0.5) is 0 Å². The standard InChI is InChI=1S/C20H30N4O6S/c1-2-14-31(28,29)24-17(19(26)27)10-13-30-16-7-4-15(5-8-16)6-9-18(25)23-20-21-11-3-12-22-20/h4-5,7-8,17,24H,2-3,6,9-14H2,1H3,(H,26,27)(H2,21,22,23,25). The van der Waals surface area contributed by atoms with Crippen molar-refractivity contribution in [1.82, 2.24) is 15.4 Å². The minimum Gasteiger partial charge on any atom is -0.494 e. The average molecular weight is 455 g/mol. The third-order valence-corrected chi connectivity index (χ3v) is 6.08. The molecule has 172 valence electrons. The van der Waals surface area contributed by atoms with Crippen LogP contribution in [0.15, 0.2) is 29.3 Å². The summed E-state index contributed by atoms with van der Waals surface area (Å²) in [6.45, 7) is 3.26. The Morgan fingerprint density at radius 1 is 1.29 bits per heavy atom. The molecule has 0 spiro atoms. The van der Waals surface area contributed by atoms with E-state index in [2.05, 4.69) is 20.3 Å². The van der Waals surface area contributed by atoms with Gasteiger partial charge in [0.15, 0.2) is 5.96 Å². The van der Waals surface area contributed by atoms with Crippen LogP contribution >= 0.6 is 0 Å². The van der Waals surface area contributed by atoms with Crippen molar-refractivity contribution in [3.63, 3.8) is 0 Å². The van der Waals surface area contributed by atoms with E-state index in [9.17, 15) is 23.1 Å². The largest absolute Gasteiger partial charge is 0.494 e. The van der Waals surface area contributed by atoms with Gasteiger partial charge in [-0.3, -0.25) is 19.9 Å². The maximum absolute atomic E-state index is 12.0. The van der Waals surface area contributed by atoms with E-state index in [1.807, 2.05) is 12.1 Å². The highest BCUT2D eigenvalue weighted by atomic mass is 32.2. The van der Waals surface area contributed by atoms with Gasteiger partial charge in [0.05, 0.1) is 12.4 Å². The van der Waals surface area contributed by atoms with Gasteiger partial charge in [0, 0.05) is 25.9 Å². The molecule has 1 aromatic carbocycles. The number of sulfonamides is 1. The molecule has 1 aliphatic heterocycles. The first-order valence-electron chi connectivity index (χ1n) is 10.3. The number of carboxylic acid groups (broad SMARTS) is 1. The van der Waals surface area contributed by atoms with Crippen molar-refractivity contribution in [2.24, 2.45) is 4.99 Å². The van der Waals surface area contributed by atoms with Gasteiger partial charge in [0.25, 0.3) is 0 Å². The number of amides is 1. The van der Waals surface area contributed by atoms with Crippen molar-refractivity contribution in [1.29, 1.82) is 0 Å². The van der Waals surface area contributed by atoms with Crippen LogP contribution in [-0.2, 0) is 26.0 Å². The quantitative estimate of drug-likeness (QED) is 0.362. The van der Waals surface area contributed by atoms with Crippen molar-refractivity contribution < 1.29 is 27.9 Å².